The second-order valence-electron chi connectivity index (χ2n) is 5.98. The molecule has 4 nitrogen and oxygen atoms in total. The van der Waals surface area contributed by atoms with Crippen molar-refractivity contribution in [2.24, 2.45) is 0 Å². The number of hydrogen-bond donors (Lipinski definition) is 1. The van der Waals surface area contributed by atoms with E-state index < -0.39 is 0 Å². The highest BCUT2D eigenvalue weighted by Crippen LogP contribution is 2.18. The van der Waals surface area contributed by atoms with Crippen LogP contribution in [0.1, 0.15) is 16.7 Å². The van der Waals surface area contributed by atoms with Gasteiger partial charge in [-0.3, -0.25) is 9.69 Å². The maximum atomic E-state index is 12.4. The number of carbonyl (C=O) groups is 1. The summed E-state index contributed by atoms with van der Waals surface area (Å²) in [6.45, 7) is 6.45. The summed E-state index contributed by atoms with van der Waals surface area (Å²) in [5, 5.41) is 3.02. The first-order valence-electron chi connectivity index (χ1n) is 8.21. The zero-order valence-electron chi connectivity index (χ0n) is 14.7. The minimum atomic E-state index is -0.00395. The number of hydrogen-bond acceptors (Lipinski definition) is 3. The molecule has 1 amide bonds. The summed E-state index contributed by atoms with van der Waals surface area (Å²) in [6, 6.07) is 16.1. The minimum Gasteiger partial charge on any atom is -0.383 e. The van der Waals surface area contributed by atoms with Crippen molar-refractivity contribution in [3.63, 3.8) is 0 Å². The Morgan fingerprint density at radius 2 is 1.83 bits per heavy atom. The highest BCUT2D eigenvalue weighted by Gasteiger charge is 2.12. The van der Waals surface area contributed by atoms with Crippen molar-refractivity contribution >= 4 is 11.6 Å². The van der Waals surface area contributed by atoms with Gasteiger partial charge in [0.1, 0.15) is 0 Å². The van der Waals surface area contributed by atoms with E-state index in [-0.39, 0.29) is 5.91 Å². The van der Waals surface area contributed by atoms with Gasteiger partial charge in [0, 0.05) is 25.9 Å². The number of nitrogens with one attached hydrogen (secondary N) is 1. The number of methoxy groups -OCH3 is 1. The number of rotatable bonds is 8. The van der Waals surface area contributed by atoms with Crippen LogP contribution in [0, 0.1) is 13.8 Å². The van der Waals surface area contributed by atoms with E-state index >= 15 is 0 Å². The number of benzene rings is 2. The van der Waals surface area contributed by atoms with E-state index in [1.807, 2.05) is 50.2 Å². The maximum Gasteiger partial charge on any atom is 0.238 e. The lowest BCUT2D eigenvalue weighted by atomic mass is 10.1. The molecule has 2 aromatic rings. The summed E-state index contributed by atoms with van der Waals surface area (Å²) in [5.41, 5.74) is 4.35. The molecule has 4 heteroatoms. The molecule has 0 saturated heterocycles. The van der Waals surface area contributed by atoms with Gasteiger partial charge in [-0.15, -0.1) is 0 Å². The van der Waals surface area contributed by atoms with Crippen LogP contribution in [-0.4, -0.2) is 37.6 Å². The van der Waals surface area contributed by atoms with Gasteiger partial charge in [-0.1, -0.05) is 42.5 Å². The van der Waals surface area contributed by atoms with E-state index in [0.29, 0.717) is 19.7 Å². The normalized spacial score (nSPS) is 10.8. The van der Waals surface area contributed by atoms with Gasteiger partial charge in [-0.2, -0.15) is 0 Å². The molecule has 0 unspecified atom stereocenters. The van der Waals surface area contributed by atoms with Crippen LogP contribution < -0.4 is 5.32 Å². The third-order valence-corrected chi connectivity index (χ3v) is 4.11. The zero-order chi connectivity index (χ0) is 17.4. The third-order valence-electron chi connectivity index (χ3n) is 4.11. The molecule has 0 aliphatic heterocycles. The van der Waals surface area contributed by atoms with Crippen molar-refractivity contribution in [3.8, 4) is 0 Å². The van der Waals surface area contributed by atoms with Crippen LogP contribution in [0.25, 0.3) is 0 Å². The fraction of sp³-hybridized carbons (Fsp3) is 0.350. The SMILES string of the molecule is COCCN(CC(=O)Nc1cccc(C)c1C)Cc1ccccc1. The zero-order valence-corrected chi connectivity index (χ0v) is 14.7. The number of carbonyl (C=O) groups excluding carboxylic acids is 1. The predicted molar refractivity (Wildman–Crippen MR) is 98.1 cm³/mol. The van der Waals surface area contributed by atoms with Crippen molar-refractivity contribution < 1.29 is 9.53 Å². The number of ether oxygens (including phenoxy) is 1. The van der Waals surface area contributed by atoms with E-state index in [9.17, 15) is 4.79 Å². The van der Waals surface area contributed by atoms with Gasteiger partial charge in [0.05, 0.1) is 13.2 Å². The van der Waals surface area contributed by atoms with Crippen molar-refractivity contribution in [2.75, 3.05) is 32.1 Å². The van der Waals surface area contributed by atoms with Crippen LogP contribution in [-0.2, 0) is 16.1 Å². The lowest BCUT2D eigenvalue weighted by Gasteiger charge is -2.22. The summed E-state index contributed by atoms with van der Waals surface area (Å²) >= 11 is 0. The average molecular weight is 326 g/mol. The Balaban J connectivity index is 1.99. The van der Waals surface area contributed by atoms with E-state index in [1.165, 1.54) is 11.1 Å². The second kappa shape index (κ2) is 9.21. The molecule has 0 aliphatic rings. The molecule has 1 N–H and O–H groups in total. The van der Waals surface area contributed by atoms with Gasteiger partial charge < -0.3 is 10.1 Å². The molecule has 0 aliphatic carbocycles. The van der Waals surface area contributed by atoms with E-state index in [4.69, 9.17) is 4.74 Å². The topological polar surface area (TPSA) is 41.6 Å². The summed E-state index contributed by atoms with van der Waals surface area (Å²) < 4.78 is 5.17. The van der Waals surface area contributed by atoms with Gasteiger partial charge >= 0.3 is 0 Å². The third kappa shape index (κ3) is 5.48. The van der Waals surface area contributed by atoms with Gasteiger partial charge in [-0.05, 0) is 36.6 Å². The number of anilines is 1. The molecule has 0 fully saturated rings. The average Bonchev–Trinajstić information content (AvgIpc) is 2.58. The Bertz CT molecular complexity index is 656. The largest absolute Gasteiger partial charge is 0.383 e. The molecular weight excluding hydrogens is 300 g/mol. The first kappa shape index (κ1) is 18.2. The van der Waals surface area contributed by atoms with Crippen molar-refractivity contribution in [1.82, 2.24) is 4.90 Å². The van der Waals surface area contributed by atoms with Crippen LogP contribution >= 0.6 is 0 Å². The lowest BCUT2D eigenvalue weighted by molar-refractivity contribution is -0.117. The fourth-order valence-electron chi connectivity index (χ4n) is 2.56. The van der Waals surface area contributed by atoms with Crippen molar-refractivity contribution in [3.05, 3.63) is 65.2 Å². The fourth-order valence-corrected chi connectivity index (χ4v) is 2.56. The van der Waals surface area contributed by atoms with Gasteiger partial charge in [0.2, 0.25) is 5.91 Å². The maximum absolute atomic E-state index is 12.4. The Kier molecular flexibility index (Phi) is 6.97. The molecule has 0 spiro atoms. The number of aryl methyl sites for hydroxylation is 1. The second-order valence-corrected chi connectivity index (χ2v) is 5.98. The predicted octanol–water partition coefficient (Wildman–Crippen LogP) is 3.39. The molecule has 2 rings (SSSR count). The van der Waals surface area contributed by atoms with E-state index in [2.05, 4.69) is 22.3 Å². The first-order valence-corrected chi connectivity index (χ1v) is 8.21. The lowest BCUT2D eigenvalue weighted by Crippen LogP contribution is -2.35. The Morgan fingerprint density at radius 1 is 1.08 bits per heavy atom. The molecular formula is C20H26N2O2. The first-order chi connectivity index (χ1) is 11.6. The van der Waals surface area contributed by atoms with Gasteiger partial charge in [0.15, 0.2) is 0 Å². The van der Waals surface area contributed by atoms with Crippen LogP contribution in [0.3, 0.4) is 0 Å². The summed E-state index contributed by atoms with van der Waals surface area (Å²) in [5.74, 6) is -0.00395. The Labute approximate surface area is 144 Å². The molecule has 0 heterocycles. The molecule has 24 heavy (non-hydrogen) atoms. The van der Waals surface area contributed by atoms with Crippen molar-refractivity contribution in [1.29, 1.82) is 0 Å². The van der Waals surface area contributed by atoms with Gasteiger partial charge in [0.25, 0.3) is 0 Å². The van der Waals surface area contributed by atoms with E-state index in [1.54, 1.807) is 7.11 Å². The molecule has 0 aromatic heterocycles. The highest BCUT2D eigenvalue weighted by atomic mass is 16.5. The number of nitrogens with zero attached hydrogens (tertiary/aromatic N) is 1. The molecule has 0 saturated carbocycles. The monoisotopic (exact) mass is 326 g/mol. The summed E-state index contributed by atoms with van der Waals surface area (Å²) in [4.78, 5) is 14.5. The quantitative estimate of drug-likeness (QED) is 0.808. The van der Waals surface area contributed by atoms with Crippen molar-refractivity contribution in [2.45, 2.75) is 20.4 Å². The van der Waals surface area contributed by atoms with E-state index in [0.717, 1.165) is 17.8 Å². The Hall–Kier alpha value is -2.17. The molecule has 0 bridgehead atoms. The minimum absolute atomic E-state index is 0.00395. The van der Waals surface area contributed by atoms with Gasteiger partial charge in [-0.25, -0.2) is 0 Å². The molecule has 0 radical (unpaired) electrons. The van der Waals surface area contributed by atoms with Crippen LogP contribution in [0.2, 0.25) is 0 Å². The smallest absolute Gasteiger partial charge is 0.238 e. The molecule has 128 valence electrons. The Morgan fingerprint density at radius 3 is 2.54 bits per heavy atom. The molecule has 2 aromatic carbocycles. The van der Waals surface area contributed by atoms with Crippen LogP contribution in [0.15, 0.2) is 48.5 Å². The standard InChI is InChI=1S/C20H26N2O2/c1-16-8-7-11-19(17(16)2)21-20(23)15-22(12-13-24-3)14-18-9-5-4-6-10-18/h4-11H,12-15H2,1-3H3,(H,21,23). The van der Waals surface area contributed by atoms with Crippen LogP contribution in [0.5, 0.6) is 0 Å². The number of amides is 1. The summed E-state index contributed by atoms with van der Waals surface area (Å²) in [7, 11) is 1.68. The summed E-state index contributed by atoms with van der Waals surface area (Å²) in [6.07, 6.45) is 0. The molecule has 0 atom stereocenters. The van der Waals surface area contributed by atoms with Crippen LogP contribution in [0.4, 0.5) is 5.69 Å². The highest BCUT2D eigenvalue weighted by molar-refractivity contribution is 5.93.